The summed E-state index contributed by atoms with van der Waals surface area (Å²) in [6.07, 6.45) is 1.60. The molecule has 2 aromatic heterocycles. The van der Waals surface area contributed by atoms with E-state index in [-0.39, 0.29) is 5.88 Å². The molecule has 0 amide bonds. The quantitative estimate of drug-likeness (QED) is 0.462. The van der Waals surface area contributed by atoms with Crippen LogP contribution < -0.4 is 0 Å². The smallest absolute Gasteiger partial charge is 0.401 e. The van der Waals surface area contributed by atoms with Crippen LogP contribution in [0.25, 0.3) is 6.08 Å². The van der Waals surface area contributed by atoms with Gasteiger partial charge in [0.05, 0.1) is 6.07 Å². The van der Waals surface area contributed by atoms with Gasteiger partial charge in [-0.15, -0.1) is 5.10 Å². The number of tetrazole rings is 1. The fraction of sp³-hybridized carbons (Fsp3) is 0.125. The van der Waals surface area contributed by atoms with Crippen LogP contribution in [-0.2, 0) is 7.05 Å². The van der Waals surface area contributed by atoms with Crippen LogP contribution >= 0.6 is 11.8 Å². The molecular formula is C8H7N5O3S. The highest BCUT2D eigenvalue weighted by molar-refractivity contribution is 8.02. The van der Waals surface area contributed by atoms with Crippen LogP contribution in [0.2, 0.25) is 0 Å². The van der Waals surface area contributed by atoms with E-state index in [1.807, 2.05) is 0 Å². The Morgan fingerprint density at radius 1 is 1.59 bits per heavy atom. The monoisotopic (exact) mass is 253 g/mol. The molecule has 0 atom stereocenters. The normalized spacial score (nSPS) is 11.1. The summed E-state index contributed by atoms with van der Waals surface area (Å²) < 4.78 is 6.45. The Labute approximate surface area is 99.4 Å². The van der Waals surface area contributed by atoms with Crippen LogP contribution in [-0.4, -0.2) is 25.1 Å². The molecule has 8 nitrogen and oxygen atoms in total. The van der Waals surface area contributed by atoms with E-state index in [1.165, 1.54) is 28.6 Å². The van der Waals surface area contributed by atoms with Gasteiger partial charge in [0, 0.05) is 7.05 Å². The molecule has 0 aromatic carbocycles. The average Bonchev–Trinajstić information content (AvgIpc) is 2.89. The Morgan fingerprint density at radius 3 is 3.00 bits per heavy atom. The molecule has 0 bridgehead atoms. The van der Waals surface area contributed by atoms with Gasteiger partial charge in [-0.05, 0) is 28.0 Å². The van der Waals surface area contributed by atoms with Gasteiger partial charge in [-0.1, -0.05) is 11.8 Å². The molecule has 0 aliphatic heterocycles. The minimum Gasteiger partial charge on any atom is -0.401 e. The number of rotatable bonds is 4. The summed E-state index contributed by atoms with van der Waals surface area (Å²) in [5.74, 6) is 0.120. The van der Waals surface area contributed by atoms with Crippen molar-refractivity contribution in [3.8, 4) is 0 Å². The Balaban J connectivity index is 2.01. The zero-order valence-electron chi connectivity index (χ0n) is 8.68. The van der Waals surface area contributed by atoms with Gasteiger partial charge in [-0.3, -0.25) is 10.1 Å². The van der Waals surface area contributed by atoms with Gasteiger partial charge in [0.1, 0.15) is 10.7 Å². The summed E-state index contributed by atoms with van der Waals surface area (Å²) in [6.45, 7) is 0. The molecule has 9 heteroatoms. The lowest BCUT2D eigenvalue weighted by molar-refractivity contribution is -0.402. The summed E-state index contributed by atoms with van der Waals surface area (Å²) in [6, 6.07) is 2.82. The van der Waals surface area contributed by atoms with Crippen molar-refractivity contribution in [2.24, 2.45) is 7.05 Å². The Hall–Kier alpha value is -2.16. The molecule has 88 valence electrons. The molecule has 0 N–H and O–H groups in total. The molecule has 2 rings (SSSR count). The summed E-state index contributed by atoms with van der Waals surface area (Å²) in [5.41, 5.74) is 0. The van der Waals surface area contributed by atoms with E-state index in [4.69, 9.17) is 4.42 Å². The van der Waals surface area contributed by atoms with Crippen molar-refractivity contribution < 1.29 is 9.34 Å². The van der Waals surface area contributed by atoms with Crippen LogP contribution in [0, 0.1) is 10.1 Å². The molecule has 0 saturated heterocycles. The van der Waals surface area contributed by atoms with Crippen molar-refractivity contribution in [3.63, 3.8) is 0 Å². The number of nitrogens with zero attached hydrogens (tertiary/aromatic N) is 5. The molecular weight excluding hydrogens is 246 g/mol. The van der Waals surface area contributed by atoms with E-state index in [1.54, 1.807) is 18.5 Å². The first-order valence-electron chi connectivity index (χ1n) is 4.46. The lowest BCUT2D eigenvalue weighted by Gasteiger charge is -1.90. The van der Waals surface area contributed by atoms with Gasteiger partial charge in [-0.2, -0.15) is 0 Å². The third-order valence-corrected chi connectivity index (χ3v) is 2.61. The van der Waals surface area contributed by atoms with Gasteiger partial charge >= 0.3 is 5.88 Å². The van der Waals surface area contributed by atoms with Crippen LogP contribution in [0.15, 0.2) is 27.1 Å². The second-order valence-corrected chi connectivity index (χ2v) is 3.81. The summed E-state index contributed by atoms with van der Waals surface area (Å²) in [7, 11) is 1.72. The van der Waals surface area contributed by atoms with Gasteiger partial charge in [-0.25, -0.2) is 4.68 Å². The van der Waals surface area contributed by atoms with E-state index in [9.17, 15) is 10.1 Å². The maximum atomic E-state index is 10.4. The van der Waals surface area contributed by atoms with Crippen LogP contribution in [0.3, 0.4) is 0 Å². The summed E-state index contributed by atoms with van der Waals surface area (Å²) in [5, 5.41) is 23.6. The predicted octanol–water partition coefficient (Wildman–Crippen LogP) is 1.47. The Kier molecular flexibility index (Phi) is 3.19. The first-order chi connectivity index (χ1) is 8.16. The number of aromatic nitrogens is 4. The van der Waals surface area contributed by atoms with E-state index >= 15 is 0 Å². The fourth-order valence-electron chi connectivity index (χ4n) is 1.01. The lowest BCUT2D eigenvalue weighted by atomic mass is 10.4. The minimum atomic E-state index is -0.586. The molecule has 0 unspecified atom stereocenters. The van der Waals surface area contributed by atoms with Crippen molar-refractivity contribution in [1.82, 2.24) is 20.2 Å². The van der Waals surface area contributed by atoms with Crippen LogP contribution in [0.4, 0.5) is 5.88 Å². The van der Waals surface area contributed by atoms with Gasteiger partial charge in [0.2, 0.25) is 5.16 Å². The van der Waals surface area contributed by atoms with Crippen molar-refractivity contribution in [2.45, 2.75) is 5.16 Å². The summed E-state index contributed by atoms with van der Waals surface area (Å²) >= 11 is 1.28. The number of hydrogen-bond donors (Lipinski definition) is 0. The van der Waals surface area contributed by atoms with Crippen LogP contribution in [0.5, 0.6) is 0 Å². The van der Waals surface area contributed by atoms with Gasteiger partial charge in [0.25, 0.3) is 0 Å². The maximum Gasteiger partial charge on any atom is 0.433 e. The Bertz CT molecular complexity index is 561. The van der Waals surface area contributed by atoms with Crippen molar-refractivity contribution >= 4 is 23.7 Å². The van der Waals surface area contributed by atoms with E-state index in [2.05, 4.69) is 15.5 Å². The molecule has 0 saturated carbocycles. The van der Waals surface area contributed by atoms with Crippen molar-refractivity contribution in [1.29, 1.82) is 0 Å². The highest BCUT2D eigenvalue weighted by Crippen LogP contribution is 2.20. The topological polar surface area (TPSA) is 99.9 Å². The molecule has 2 aromatic rings. The third kappa shape index (κ3) is 2.69. The highest BCUT2D eigenvalue weighted by Gasteiger charge is 2.09. The zero-order valence-corrected chi connectivity index (χ0v) is 9.49. The largest absolute Gasteiger partial charge is 0.433 e. The molecule has 0 fully saturated rings. The average molecular weight is 253 g/mol. The minimum absolute atomic E-state index is 0.282. The molecule has 2 heterocycles. The predicted molar refractivity (Wildman–Crippen MR) is 59.1 cm³/mol. The maximum absolute atomic E-state index is 10.4. The number of nitro groups is 1. The molecule has 17 heavy (non-hydrogen) atoms. The number of thioether (sulfide) groups is 1. The van der Waals surface area contributed by atoms with E-state index < -0.39 is 4.92 Å². The first-order valence-corrected chi connectivity index (χ1v) is 5.34. The molecule has 0 aliphatic carbocycles. The first kappa shape index (κ1) is 11.3. The number of hydrogen-bond acceptors (Lipinski definition) is 7. The molecule has 0 radical (unpaired) electrons. The molecule has 0 aliphatic rings. The van der Waals surface area contributed by atoms with Gasteiger partial charge in [0.15, 0.2) is 0 Å². The second kappa shape index (κ2) is 4.78. The fourth-order valence-corrected chi connectivity index (χ4v) is 1.61. The second-order valence-electron chi connectivity index (χ2n) is 2.94. The number of furan rings is 1. The summed E-state index contributed by atoms with van der Waals surface area (Å²) in [4.78, 5) is 9.79. The number of aryl methyl sites for hydroxylation is 1. The van der Waals surface area contributed by atoms with E-state index in [0.717, 1.165) is 0 Å². The third-order valence-electron chi connectivity index (χ3n) is 1.78. The van der Waals surface area contributed by atoms with Crippen molar-refractivity contribution in [3.05, 3.63) is 33.4 Å². The standard InChI is InChI=1S/C8H7N5O3S/c1-12-8(9-10-11-12)17-5-4-6-2-3-7(16-6)13(14)15/h2-5H,1H3/b5-4+. The van der Waals surface area contributed by atoms with E-state index in [0.29, 0.717) is 10.9 Å². The van der Waals surface area contributed by atoms with Crippen molar-refractivity contribution in [2.75, 3.05) is 0 Å². The lowest BCUT2D eigenvalue weighted by Crippen LogP contribution is -1.91. The van der Waals surface area contributed by atoms with Crippen LogP contribution in [0.1, 0.15) is 5.76 Å². The van der Waals surface area contributed by atoms with Gasteiger partial charge < -0.3 is 4.42 Å². The zero-order chi connectivity index (χ0) is 12.3. The molecule has 0 spiro atoms. The SMILES string of the molecule is Cn1nnnc1S/C=C/c1ccc([N+](=O)[O-])o1. The highest BCUT2D eigenvalue weighted by atomic mass is 32.2. The Morgan fingerprint density at radius 2 is 2.41 bits per heavy atom.